The standard InChI is InChI=1S/C55H39N3/c1-54(2)46-24-11-13-26-48(46)55(49-27-14-12-25-47(49)54)45-23-10-9-22-43(45)44-33-32-41(35-50(44)55)37-30-28-36(29-31-37)40-20-15-21-42(34-40)53-57-51(38-16-5-3-6-17-38)56-52(58-53)39-18-7-4-8-19-39/h3-35H,1-2H3. The van der Waals surface area contributed by atoms with Gasteiger partial charge in [-0.3, -0.25) is 0 Å². The van der Waals surface area contributed by atoms with E-state index in [9.17, 15) is 0 Å². The van der Waals surface area contributed by atoms with Crippen molar-refractivity contribution in [3.05, 3.63) is 234 Å². The lowest BCUT2D eigenvalue weighted by atomic mass is 9.55. The van der Waals surface area contributed by atoms with Crippen LogP contribution < -0.4 is 0 Å². The Hall–Kier alpha value is -7.23. The van der Waals surface area contributed by atoms with Crippen LogP contribution in [-0.4, -0.2) is 15.0 Å². The second-order valence-corrected chi connectivity index (χ2v) is 16.0. The van der Waals surface area contributed by atoms with Gasteiger partial charge in [-0.05, 0) is 78.9 Å². The third kappa shape index (κ3) is 5.17. The van der Waals surface area contributed by atoms with Gasteiger partial charge in [-0.25, -0.2) is 15.0 Å². The average Bonchev–Trinajstić information content (AvgIpc) is 3.59. The minimum Gasteiger partial charge on any atom is -0.208 e. The Morgan fingerprint density at radius 3 is 1.24 bits per heavy atom. The number of aromatic nitrogens is 3. The average molecular weight is 742 g/mol. The first-order valence-electron chi connectivity index (χ1n) is 20.0. The largest absolute Gasteiger partial charge is 0.208 e. The van der Waals surface area contributed by atoms with E-state index in [1.807, 2.05) is 60.7 Å². The highest BCUT2D eigenvalue weighted by Gasteiger charge is 2.53. The van der Waals surface area contributed by atoms with Crippen LogP contribution in [-0.2, 0) is 10.8 Å². The predicted octanol–water partition coefficient (Wildman–Crippen LogP) is 13.2. The van der Waals surface area contributed by atoms with Crippen molar-refractivity contribution in [2.75, 3.05) is 0 Å². The molecular weight excluding hydrogens is 703 g/mol. The van der Waals surface area contributed by atoms with Gasteiger partial charge in [0.05, 0.1) is 5.41 Å². The first-order valence-corrected chi connectivity index (χ1v) is 20.0. The maximum atomic E-state index is 4.98. The van der Waals surface area contributed by atoms with Crippen molar-refractivity contribution in [2.45, 2.75) is 24.7 Å². The maximum Gasteiger partial charge on any atom is 0.164 e. The molecule has 0 unspecified atom stereocenters. The summed E-state index contributed by atoms with van der Waals surface area (Å²) in [6.45, 7) is 4.75. The molecular formula is C55H39N3. The zero-order chi connectivity index (χ0) is 38.8. The molecule has 11 rings (SSSR count). The van der Waals surface area contributed by atoms with Crippen molar-refractivity contribution in [3.8, 4) is 67.5 Å². The van der Waals surface area contributed by atoms with Crippen LogP contribution in [0.3, 0.4) is 0 Å². The Kier molecular flexibility index (Phi) is 7.74. The van der Waals surface area contributed by atoms with Gasteiger partial charge in [-0.2, -0.15) is 0 Å². The molecule has 1 aromatic heterocycles. The maximum absolute atomic E-state index is 4.98. The van der Waals surface area contributed by atoms with Gasteiger partial charge in [0.1, 0.15) is 0 Å². The third-order valence-electron chi connectivity index (χ3n) is 12.4. The van der Waals surface area contributed by atoms with Crippen LogP contribution in [0.25, 0.3) is 67.5 Å². The van der Waals surface area contributed by atoms with Crippen molar-refractivity contribution in [1.82, 2.24) is 15.0 Å². The normalized spacial score (nSPS) is 14.0. The highest BCUT2D eigenvalue weighted by Crippen LogP contribution is 2.62. The molecule has 0 aliphatic heterocycles. The van der Waals surface area contributed by atoms with Crippen LogP contribution in [0.1, 0.15) is 47.2 Å². The van der Waals surface area contributed by atoms with Crippen LogP contribution in [0.5, 0.6) is 0 Å². The summed E-state index contributed by atoms with van der Waals surface area (Å²) in [5, 5.41) is 0. The summed E-state index contributed by atoms with van der Waals surface area (Å²) in [5.41, 5.74) is 17.8. The zero-order valence-electron chi connectivity index (χ0n) is 32.4. The van der Waals surface area contributed by atoms with Gasteiger partial charge in [0, 0.05) is 22.1 Å². The minimum atomic E-state index is -0.416. The fourth-order valence-corrected chi connectivity index (χ4v) is 9.67. The Bertz CT molecular complexity index is 2910. The summed E-state index contributed by atoms with van der Waals surface area (Å²) in [6.07, 6.45) is 0. The van der Waals surface area contributed by atoms with E-state index in [1.165, 1.54) is 55.6 Å². The van der Waals surface area contributed by atoms with E-state index in [1.54, 1.807) is 0 Å². The smallest absolute Gasteiger partial charge is 0.164 e. The highest BCUT2D eigenvalue weighted by molar-refractivity contribution is 5.90. The Morgan fingerprint density at radius 2 is 0.672 bits per heavy atom. The lowest BCUT2D eigenvalue weighted by Gasteiger charge is -2.46. The molecule has 9 aromatic rings. The summed E-state index contributed by atoms with van der Waals surface area (Å²) in [7, 11) is 0. The molecule has 58 heavy (non-hydrogen) atoms. The molecule has 2 aliphatic carbocycles. The quantitative estimate of drug-likeness (QED) is 0.176. The summed E-state index contributed by atoms with van der Waals surface area (Å²) in [6, 6.07) is 72.1. The molecule has 1 heterocycles. The lowest BCUT2D eigenvalue weighted by Crippen LogP contribution is -2.40. The first-order chi connectivity index (χ1) is 28.5. The fourth-order valence-electron chi connectivity index (χ4n) is 9.67. The monoisotopic (exact) mass is 741 g/mol. The molecule has 274 valence electrons. The third-order valence-corrected chi connectivity index (χ3v) is 12.4. The van der Waals surface area contributed by atoms with Gasteiger partial charge in [-0.15, -0.1) is 0 Å². The van der Waals surface area contributed by atoms with Crippen molar-refractivity contribution >= 4 is 0 Å². The van der Waals surface area contributed by atoms with E-state index < -0.39 is 5.41 Å². The van der Waals surface area contributed by atoms with Gasteiger partial charge in [0.25, 0.3) is 0 Å². The van der Waals surface area contributed by atoms with Crippen LogP contribution in [0.15, 0.2) is 200 Å². The number of hydrogen-bond acceptors (Lipinski definition) is 3. The van der Waals surface area contributed by atoms with E-state index >= 15 is 0 Å². The zero-order valence-corrected chi connectivity index (χ0v) is 32.4. The van der Waals surface area contributed by atoms with Crippen LogP contribution in [0.4, 0.5) is 0 Å². The first kappa shape index (κ1) is 34.1. The van der Waals surface area contributed by atoms with Gasteiger partial charge in [0.2, 0.25) is 0 Å². The number of fused-ring (bicyclic) bond motifs is 9. The molecule has 2 aliphatic rings. The number of rotatable bonds is 5. The summed E-state index contributed by atoms with van der Waals surface area (Å²) in [4.78, 5) is 14.8. The van der Waals surface area contributed by atoms with Gasteiger partial charge in [-0.1, -0.05) is 202 Å². The molecule has 0 N–H and O–H groups in total. The Morgan fingerprint density at radius 1 is 0.276 bits per heavy atom. The topological polar surface area (TPSA) is 38.7 Å². The molecule has 0 atom stereocenters. The van der Waals surface area contributed by atoms with E-state index in [4.69, 9.17) is 15.0 Å². The van der Waals surface area contributed by atoms with Crippen LogP contribution in [0, 0.1) is 0 Å². The van der Waals surface area contributed by atoms with Crippen molar-refractivity contribution in [2.24, 2.45) is 0 Å². The Balaban J connectivity index is 0.998. The van der Waals surface area contributed by atoms with Crippen molar-refractivity contribution in [3.63, 3.8) is 0 Å². The molecule has 0 bridgehead atoms. The molecule has 3 nitrogen and oxygen atoms in total. The molecule has 1 spiro atoms. The Labute approximate surface area is 339 Å². The van der Waals surface area contributed by atoms with Crippen molar-refractivity contribution in [1.29, 1.82) is 0 Å². The number of benzene rings is 8. The lowest BCUT2D eigenvalue weighted by molar-refractivity contribution is 0.563. The number of nitrogens with zero attached hydrogens (tertiary/aromatic N) is 3. The second-order valence-electron chi connectivity index (χ2n) is 16.0. The molecule has 0 saturated heterocycles. The highest BCUT2D eigenvalue weighted by atomic mass is 15.0. The predicted molar refractivity (Wildman–Crippen MR) is 236 cm³/mol. The van der Waals surface area contributed by atoms with Crippen LogP contribution >= 0.6 is 0 Å². The summed E-state index contributed by atoms with van der Waals surface area (Å²) >= 11 is 0. The second kappa shape index (κ2) is 13.2. The van der Waals surface area contributed by atoms with Gasteiger partial charge in [0.15, 0.2) is 17.5 Å². The summed E-state index contributed by atoms with van der Waals surface area (Å²) < 4.78 is 0. The van der Waals surface area contributed by atoms with Crippen LogP contribution in [0.2, 0.25) is 0 Å². The van der Waals surface area contributed by atoms with E-state index in [2.05, 4.69) is 153 Å². The van der Waals surface area contributed by atoms with E-state index in [-0.39, 0.29) is 5.41 Å². The SMILES string of the molecule is CC1(C)c2ccccc2C2(c3ccccc3-c3ccc(-c4ccc(-c5cccc(-c6nc(-c7ccccc7)nc(-c7ccccc7)n6)c5)cc4)cc32)c2ccccc21. The molecule has 0 saturated carbocycles. The molecule has 0 fully saturated rings. The fraction of sp³-hybridized carbons (Fsp3) is 0.0727. The summed E-state index contributed by atoms with van der Waals surface area (Å²) in [5.74, 6) is 1.96. The molecule has 8 aromatic carbocycles. The molecule has 3 heteroatoms. The van der Waals surface area contributed by atoms with Gasteiger partial charge < -0.3 is 0 Å². The van der Waals surface area contributed by atoms with Gasteiger partial charge >= 0.3 is 0 Å². The minimum absolute atomic E-state index is 0.126. The van der Waals surface area contributed by atoms with E-state index in [0.717, 1.165) is 27.8 Å². The van der Waals surface area contributed by atoms with Crippen molar-refractivity contribution < 1.29 is 0 Å². The molecule has 0 amide bonds. The van der Waals surface area contributed by atoms with E-state index in [0.29, 0.717) is 17.5 Å². The molecule has 0 radical (unpaired) electrons. The number of hydrogen-bond donors (Lipinski definition) is 0.